The summed E-state index contributed by atoms with van der Waals surface area (Å²) in [5, 5.41) is 0. The summed E-state index contributed by atoms with van der Waals surface area (Å²) in [6.07, 6.45) is 1.51. The molecule has 0 radical (unpaired) electrons. The van der Waals surface area contributed by atoms with Crippen LogP contribution in [0.25, 0.3) is 0 Å². The van der Waals surface area contributed by atoms with E-state index in [1.165, 1.54) is 0 Å². The second-order valence-corrected chi connectivity index (χ2v) is 3.43. The van der Waals surface area contributed by atoms with Crippen LogP contribution < -0.4 is 15.9 Å². The van der Waals surface area contributed by atoms with Gasteiger partial charge in [-0.3, -0.25) is 9.59 Å². The van der Waals surface area contributed by atoms with Gasteiger partial charge in [-0.15, -0.1) is 0 Å². The van der Waals surface area contributed by atoms with Crippen LogP contribution in [0.1, 0.15) is 20.8 Å². The lowest BCUT2D eigenvalue weighted by atomic mass is 10.2. The van der Waals surface area contributed by atoms with E-state index in [9.17, 15) is 19.2 Å². The molecule has 1 rings (SSSR count). The number of ether oxygens (including phenoxy) is 2. The van der Waals surface area contributed by atoms with Gasteiger partial charge in [0.05, 0.1) is 20.8 Å². The molecule has 0 aliphatic heterocycles. The molecule has 1 amide bonds. The monoisotopic (exact) mass is 268 g/mol. The van der Waals surface area contributed by atoms with Crippen LogP contribution in [0.2, 0.25) is 0 Å². The predicted molar refractivity (Wildman–Crippen MR) is 63.2 cm³/mol. The maximum Gasteiger partial charge on any atom is 0.358 e. The lowest BCUT2D eigenvalue weighted by molar-refractivity contribution is -0.108. The lowest BCUT2D eigenvalue weighted by Crippen LogP contribution is -2.29. The van der Waals surface area contributed by atoms with Gasteiger partial charge in [-0.05, 0) is 0 Å². The average Bonchev–Trinajstić information content (AvgIpc) is 2.38. The smallest absolute Gasteiger partial charge is 0.358 e. The van der Waals surface area contributed by atoms with E-state index >= 15 is 0 Å². The molecule has 0 aromatic carbocycles. The Bertz CT molecular complexity index is 590. The molecule has 0 unspecified atom stereocenters. The van der Waals surface area contributed by atoms with E-state index in [-0.39, 0.29) is 17.8 Å². The Hall–Kier alpha value is -2.64. The third-order valence-electron chi connectivity index (χ3n) is 2.36. The summed E-state index contributed by atoms with van der Waals surface area (Å²) in [6, 6.07) is 0. The molecule has 0 atom stereocenters. The Morgan fingerprint density at radius 1 is 1.42 bits per heavy atom. The predicted octanol–water partition coefficient (Wildman–Crippen LogP) is -1.06. The zero-order valence-corrected chi connectivity index (χ0v) is 10.3. The summed E-state index contributed by atoms with van der Waals surface area (Å²) in [5.74, 6) is -2.25. The number of esters is 1. The summed E-state index contributed by atoms with van der Waals surface area (Å²) in [4.78, 5) is 45.3. The molecule has 8 heteroatoms. The van der Waals surface area contributed by atoms with Crippen molar-refractivity contribution in [3.8, 4) is 5.75 Å². The van der Waals surface area contributed by atoms with Gasteiger partial charge in [-0.25, -0.2) is 4.79 Å². The van der Waals surface area contributed by atoms with E-state index in [4.69, 9.17) is 10.5 Å². The summed E-state index contributed by atoms with van der Waals surface area (Å²) < 4.78 is 10.4. The van der Waals surface area contributed by atoms with Crippen LogP contribution in [0.15, 0.2) is 11.0 Å². The van der Waals surface area contributed by atoms with Gasteiger partial charge in [0.15, 0.2) is 11.4 Å². The van der Waals surface area contributed by atoms with Crippen molar-refractivity contribution < 1.29 is 23.9 Å². The molecule has 1 aromatic heterocycles. The summed E-state index contributed by atoms with van der Waals surface area (Å²) in [6.45, 7) is -0.263. The van der Waals surface area contributed by atoms with Gasteiger partial charge in [0.1, 0.15) is 11.8 Å². The van der Waals surface area contributed by atoms with Crippen LogP contribution in [0.5, 0.6) is 5.75 Å². The van der Waals surface area contributed by atoms with Gasteiger partial charge in [-0.2, -0.15) is 0 Å². The minimum Gasteiger partial charge on any atom is -0.491 e. The molecule has 2 N–H and O–H groups in total. The number of hydrogen-bond donors (Lipinski definition) is 1. The van der Waals surface area contributed by atoms with E-state index in [2.05, 4.69) is 4.74 Å². The number of carbonyl (C=O) groups excluding carboxylic acids is 3. The van der Waals surface area contributed by atoms with Crippen molar-refractivity contribution in [2.24, 2.45) is 5.73 Å². The SMILES string of the molecule is COC(=O)c1c(OC)c(=O)c(C(N)=O)cn1CC=O. The van der Waals surface area contributed by atoms with Crippen molar-refractivity contribution in [1.29, 1.82) is 0 Å². The number of carbonyl (C=O) groups is 3. The standard InChI is InChI=1S/C11H12N2O6/c1-18-9-7(11(17)19-2)13(3-4-14)5-6(8(9)15)10(12)16/h4-5H,3H2,1-2H3,(H2,12,16). The second-order valence-electron chi connectivity index (χ2n) is 3.43. The number of methoxy groups -OCH3 is 2. The molecule has 0 saturated carbocycles. The number of rotatable bonds is 5. The highest BCUT2D eigenvalue weighted by Gasteiger charge is 2.24. The summed E-state index contributed by atoms with van der Waals surface area (Å²) >= 11 is 0. The Morgan fingerprint density at radius 2 is 2.05 bits per heavy atom. The van der Waals surface area contributed by atoms with Crippen LogP contribution in [-0.2, 0) is 16.1 Å². The third-order valence-corrected chi connectivity index (χ3v) is 2.36. The molecular formula is C11H12N2O6. The fourth-order valence-corrected chi connectivity index (χ4v) is 1.54. The van der Waals surface area contributed by atoms with Crippen molar-refractivity contribution in [3.63, 3.8) is 0 Å². The fourth-order valence-electron chi connectivity index (χ4n) is 1.54. The molecule has 0 bridgehead atoms. The van der Waals surface area contributed by atoms with Crippen molar-refractivity contribution in [2.75, 3.05) is 14.2 Å². The quantitative estimate of drug-likeness (QED) is 0.537. The molecule has 1 aromatic rings. The van der Waals surface area contributed by atoms with Gasteiger partial charge < -0.3 is 24.6 Å². The number of nitrogens with two attached hydrogens (primary N) is 1. The van der Waals surface area contributed by atoms with Crippen molar-refractivity contribution >= 4 is 18.2 Å². The molecule has 0 saturated heterocycles. The summed E-state index contributed by atoms with van der Waals surface area (Å²) in [5.41, 5.74) is 3.57. The van der Waals surface area contributed by atoms with Gasteiger partial charge in [0.2, 0.25) is 5.43 Å². The molecule has 8 nitrogen and oxygen atoms in total. The number of primary amides is 1. The first-order valence-corrected chi connectivity index (χ1v) is 5.11. The normalized spacial score (nSPS) is 9.79. The Morgan fingerprint density at radius 3 is 2.47 bits per heavy atom. The van der Waals surface area contributed by atoms with Crippen molar-refractivity contribution in [1.82, 2.24) is 4.57 Å². The van der Waals surface area contributed by atoms with Crippen LogP contribution in [0, 0.1) is 0 Å². The Labute approximate surface area is 107 Å². The topological polar surface area (TPSA) is 118 Å². The molecule has 0 fully saturated rings. The van der Waals surface area contributed by atoms with Gasteiger partial charge >= 0.3 is 5.97 Å². The second kappa shape index (κ2) is 5.80. The Kier molecular flexibility index (Phi) is 4.41. The maximum absolute atomic E-state index is 11.9. The molecule has 19 heavy (non-hydrogen) atoms. The number of nitrogens with zero attached hydrogens (tertiary/aromatic N) is 1. The van der Waals surface area contributed by atoms with Crippen LogP contribution >= 0.6 is 0 Å². The van der Waals surface area contributed by atoms with Crippen LogP contribution in [-0.4, -0.2) is 36.9 Å². The number of aldehydes is 1. The first-order valence-electron chi connectivity index (χ1n) is 5.11. The number of aromatic nitrogens is 1. The minimum atomic E-state index is -0.987. The highest BCUT2D eigenvalue weighted by Crippen LogP contribution is 2.15. The van der Waals surface area contributed by atoms with Gasteiger partial charge in [-0.1, -0.05) is 0 Å². The molecule has 0 spiro atoms. The molecular weight excluding hydrogens is 256 g/mol. The summed E-state index contributed by atoms with van der Waals surface area (Å²) in [7, 11) is 2.26. The van der Waals surface area contributed by atoms with E-state index in [1.54, 1.807) is 0 Å². The molecule has 0 aliphatic carbocycles. The van der Waals surface area contributed by atoms with E-state index in [0.29, 0.717) is 6.29 Å². The van der Waals surface area contributed by atoms with Crippen LogP contribution in [0.3, 0.4) is 0 Å². The highest BCUT2D eigenvalue weighted by molar-refractivity contribution is 5.96. The average molecular weight is 268 g/mol. The first kappa shape index (κ1) is 14.4. The zero-order valence-electron chi connectivity index (χ0n) is 10.3. The third kappa shape index (κ3) is 2.62. The lowest BCUT2D eigenvalue weighted by Gasteiger charge is -2.14. The van der Waals surface area contributed by atoms with E-state index in [1.807, 2.05) is 0 Å². The Balaban J connectivity index is 3.72. The fraction of sp³-hybridized carbons (Fsp3) is 0.273. The first-order chi connectivity index (χ1) is 8.97. The van der Waals surface area contributed by atoms with Crippen molar-refractivity contribution in [2.45, 2.75) is 6.54 Å². The highest BCUT2D eigenvalue weighted by atomic mass is 16.5. The zero-order chi connectivity index (χ0) is 14.6. The molecule has 102 valence electrons. The number of pyridine rings is 1. The number of hydrogen-bond acceptors (Lipinski definition) is 6. The molecule has 0 aliphatic rings. The molecule has 1 heterocycles. The van der Waals surface area contributed by atoms with Crippen LogP contribution in [0.4, 0.5) is 0 Å². The van der Waals surface area contributed by atoms with E-state index in [0.717, 1.165) is 25.0 Å². The van der Waals surface area contributed by atoms with E-state index < -0.39 is 23.1 Å². The van der Waals surface area contributed by atoms with Crippen molar-refractivity contribution in [3.05, 3.63) is 27.7 Å². The minimum absolute atomic E-state index is 0.257. The largest absolute Gasteiger partial charge is 0.491 e. The maximum atomic E-state index is 11.9. The number of amides is 1. The van der Waals surface area contributed by atoms with Gasteiger partial charge in [0.25, 0.3) is 5.91 Å². The van der Waals surface area contributed by atoms with Gasteiger partial charge in [0, 0.05) is 6.20 Å².